The number of hydrogen-bond donors (Lipinski definition) is 3. The molecule has 2 rings (SSSR count). The van der Waals surface area contributed by atoms with Gasteiger partial charge < -0.3 is 10.6 Å². The number of carbonyl (C=O) groups is 1. The first-order valence-electron chi connectivity index (χ1n) is 9.29. The van der Waals surface area contributed by atoms with Gasteiger partial charge >= 0.3 is 12.2 Å². The van der Waals surface area contributed by atoms with Gasteiger partial charge in [-0.1, -0.05) is 38.1 Å². The average Bonchev–Trinajstić information content (AvgIpc) is 2.66. The Kier molecular flexibility index (Phi) is 7.49. The van der Waals surface area contributed by atoms with Gasteiger partial charge in [0.05, 0.1) is 10.5 Å². The molecule has 0 aliphatic rings. The Morgan fingerprint density at radius 1 is 1.17 bits per heavy atom. The molecule has 1 atom stereocenters. The van der Waals surface area contributed by atoms with Crippen LogP contribution in [0.2, 0.25) is 0 Å². The van der Waals surface area contributed by atoms with E-state index in [0.717, 1.165) is 12.1 Å². The summed E-state index contributed by atoms with van der Waals surface area (Å²) in [5.41, 5.74) is 0.622. The van der Waals surface area contributed by atoms with E-state index in [1.165, 1.54) is 12.1 Å². The molecule has 2 aromatic rings. The van der Waals surface area contributed by atoms with E-state index in [2.05, 4.69) is 10.6 Å². The Labute approximate surface area is 173 Å². The van der Waals surface area contributed by atoms with E-state index in [9.17, 15) is 26.4 Å². The number of primary sulfonamides is 1. The molecular weight excluding hydrogens is 419 g/mol. The zero-order valence-corrected chi connectivity index (χ0v) is 17.4. The lowest BCUT2D eigenvalue weighted by Crippen LogP contribution is -2.30. The minimum absolute atomic E-state index is 0.0547. The molecule has 2 aromatic carbocycles. The van der Waals surface area contributed by atoms with Crippen LogP contribution >= 0.6 is 0 Å². The third kappa shape index (κ3) is 6.46. The Bertz CT molecular complexity index is 1010. The summed E-state index contributed by atoms with van der Waals surface area (Å²) in [4.78, 5) is 12.0. The van der Waals surface area contributed by atoms with Gasteiger partial charge in [0, 0.05) is 12.2 Å². The van der Waals surface area contributed by atoms with Gasteiger partial charge in [-0.15, -0.1) is 0 Å². The van der Waals surface area contributed by atoms with Gasteiger partial charge in [-0.2, -0.15) is 13.2 Å². The van der Waals surface area contributed by atoms with Crippen molar-refractivity contribution in [3.63, 3.8) is 0 Å². The number of aryl methyl sites for hydroxylation is 1. The first-order chi connectivity index (χ1) is 13.9. The first-order valence-corrected chi connectivity index (χ1v) is 10.8. The molecule has 164 valence electrons. The number of rotatable bonds is 7. The van der Waals surface area contributed by atoms with Crippen LogP contribution in [0, 0.1) is 0 Å². The Morgan fingerprint density at radius 2 is 1.87 bits per heavy atom. The molecule has 0 aliphatic carbocycles. The SMILES string of the molecule is CCc1ccc(NC(=O)NCCC(C)c2cccc(C(F)(F)F)c2)cc1S(N)(=O)=O. The van der Waals surface area contributed by atoms with Gasteiger partial charge in [0.15, 0.2) is 0 Å². The monoisotopic (exact) mass is 443 g/mol. The quantitative estimate of drug-likeness (QED) is 0.597. The van der Waals surface area contributed by atoms with Gasteiger partial charge in [-0.05, 0) is 48.1 Å². The molecule has 0 heterocycles. The number of hydrogen-bond acceptors (Lipinski definition) is 3. The molecule has 0 bridgehead atoms. The number of amides is 2. The maximum Gasteiger partial charge on any atom is 0.416 e. The average molecular weight is 443 g/mol. The van der Waals surface area contributed by atoms with Crippen molar-refractivity contribution in [1.82, 2.24) is 5.32 Å². The van der Waals surface area contributed by atoms with Gasteiger partial charge in [0.1, 0.15) is 0 Å². The fraction of sp³-hybridized carbons (Fsp3) is 0.350. The summed E-state index contributed by atoms with van der Waals surface area (Å²) in [5.74, 6) is -0.203. The smallest absolute Gasteiger partial charge is 0.338 e. The van der Waals surface area contributed by atoms with Crippen molar-refractivity contribution in [2.24, 2.45) is 5.14 Å². The summed E-state index contributed by atoms with van der Waals surface area (Å²) < 4.78 is 61.9. The molecule has 0 spiro atoms. The van der Waals surface area contributed by atoms with Gasteiger partial charge in [0.2, 0.25) is 10.0 Å². The first kappa shape index (κ1) is 23.7. The van der Waals surface area contributed by atoms with E-state index in [1.807, 2.05) is 0 Å². The number of anilines is 1. The van der Waals surface area contributed by atoms with Crippen LogP contribution in [0.25, 0.3) is 0 Å². The molecular formula is C20H24F3N3O3S. The standard InChI is InChI=1S/C20H24F3N3O3S/c1-3-14-7-8-17(12-18(14)30(24,28)29)26-19(27)25-10-9-13(2)15-5-4-6-16(11-15)20(21,22)23/h4-8,11-13H,3,9-10H2,1-2H3,(H2,24,28,29)(H2,25,26,27). The zero-order valence-electron chi connectivity index (χ0n) is 16.6. The van der Waals surface area contributed by atoms with Crippen LogP contribution in [0.4, 0.5) is 23.7 Å². The predicted octanol–water partition coefficient (Wildman–Crippen LogP) is 4.23. The number of nitrogens with one attached hydrogen (secondary N) is 2. The lowest BCUT2D eigenvalue weighted by Gasteiger charge is -2.15. The van der Waals surface area contributed by atoms with Crippen LogP contribution in [0.15, 0.2) is 47.4 Å². The second kappa shape index (κ2) is 9.48. The van der Waals surface area contributed by atoms with Crippen LogP contribution in [0.1, 0.15) is 42.9 Å². The van der Waals surface area contributed by atoms with Crippen molar-refractivity contribution < 1.29 is 26.4 Å². The lowest BCUT2D eigenvalue weighted by molar-refractivity contribution is -0.137. The number of nitrogens with two attached hydrogens (primary N) is 1. The Morgan fingerprint density at radius 3 is 2.47 bits per heavy atom. The molecule has 0 fully saturated rings. The second-order valence-electron chi connectivity index (χ2n) is 6.91. The Balaban J connectivity index is 1.94. The summed E-state index contributed by atoms with van der Waals surface area (Å²) in [6.07, 6.45) is -3.52. The molecule has 0 radical (unpaired) electrons. The van der Waals surface area contributed by atoms with E-state index in [0.29, 0.717) is 24.0 Å². The third-order valence-electron chi connectivity index (χ3n) is 4.66. The largest absolute Gasteiger partial charge is 0.416 e. The van der Waals surface area contributed by atoms with Crippen LogP contribution < -0.4 is 15.8 Å². The molecule has 1 unspecified atom stereocenters. The highest BCUT2D eigenvalue weighted by atomic mass is 32.2. The topological polar surface area (TPSA) is 101 Å². The highest BCUT2D eigenvalue weighted by molar-refractivity contribution is 7.89. The molecule has 30 heavy (non-hydrogen) atoms. The third-order valence-corrected chi connectivity index (χ3v) is 5.65. The van der Waals surface area contributed by atoms with Crippen LogP contribution in [-0.4, -0.2) is 21.0 Å². The number of sulfonamides is 1. The van der Waals surface area contributed by atoms with Crippen molar-refractivity contribution in [1.29, 1.82) is 0 Å². The van der Waals surface area contributed by atoms with Crippen molar-refractivity contribution in [2.75, 3.05) is 11.9 Å². The Hall–Kier alpha value is -2.59. The number of alkyl halides is 3. The van der Waals surface area contributed by atoms with Crippen molar-refractivity contribution in [2.45, 2.75) is 43.7 Å². The summed E-state index contributed by atoms with van der Waals surface area (Å²) in [5, 5.41) is 10.4. The van der Waals surface area contributed by atoms with Gasteiger partial charge in [-0.25, -0.2) is 18.4 Å². The summed E-state index contributed by atoms with van der Waals surface area (Å²) >= 11 is 0. The van der Waals surface area contributed by atoms with Crippen molar-refractivity contribution in [3.05, 3.63) is 59.2 Å². The molecule has 4 N–H and O–H groups in total. The van der Waals surface area contributed by atoms with Crippen molar-refractivity contribution >= 4 is 21.7 Å². The van der Waals surface area contributed by atoms with Crippen LogP contribution in [0.3, 0.4) is 0 Å². The number of halogens is 3. The maximum absolute atomic E-state index is 12.8. The molecule has 6 nitrogen and oxygen atoms in total. The van der Waals surface area contributed by atoms with Crippen molar-refractivity contribution in [3.8, 4) is 0 Å². The van der Waals surface area contributed by atoms with Crippen LogP contribution in [0.5, 0.6) is 0 Å². The maximum atomic E-state index is 12.8. The summed E-state index contributed by atoms with van der Waals surface area (Å²) in [7, 11) is -3.93. The second-order valence-corrected chi connectivity index (χ2v) is 8.44. The molecule has 10 heteroatoms. The minimum Gasteiger partial charge on any atom is -0.338 e. The fourth-order valence-corrected chi connectivity index (χ4v) is 3.82. The van der Waals surface area contributed by atoms with E-state index >= 15 is 0 Å². The van der Waals surface area contributed by atoms with Gasteiger partial charge in [0.25, 0.3) is 0 Å². The molecule has 0 saturated carbocycles. The normalized spacial score (nSPS) is 13.0. The predicted molar refractivity (Wildman–Crippen MR) is 109 cm³/mol. The summed E-state index contributed by atoms with van der Waals surface area (Å²) in [6, 6.07) is 8.97. The molecule has 0 saturated heterocycles. The fourth-order valence-electron chi connectivity index (χ4n) is 2.95. The van der Waals surface area contributed by atoms with E-state index in [-0.39, 0.29) is 23.0 Å². The van der Waals surface area contributed by atoms with Gasteiger partial charge in [-0.3, -0.25) is 0 Å². The number of urea groups is 1. The highest BCUT2D eigenvalue weighted by Crippen LogP contribution is 2.31. The van der Waals surface area contributed by atoms with E-state index in [4.69, 9.17) is 5.14 Å². The van der Waals surface area contributed by atoms with E-state index < -0.39 is 27.8 Å². The molecule has 2 amide bonds. The van der Waals surface area contributed by atoms with E-state index in [1.54, 1.807) is 32.0 Å². The zero-order chi connectivity index (χ0) is 22.5. The summed E-state index contributed by atoms with van der Waals surface area (Å²) in [6.45, 7) is 3.78. The molecule has 0 aliphatic heterocycles. The number of carbonyl (C=O) groups excluding carboxylic acids is 1. The molecule has 0 aromatic heterocycles. The van der Waals surface area contributed by atoms with Crippen LogP contribution in [-0.2, 0) is 22.6 Å². The lowest BCUT2D eigenvalue weighted by atomic mass is 9.96. The highest BCUT2D eigenvalue weighted by Gasteiger charge is 2.30. The number of benzene rings is 2. The minimum atomic E-state index is -4.41.